The second kappa shape index (κ2) is 11.4. The molecule has 0 amide bonds. The first-order chi connectivity index (χ1) is 9.75. The Morgan fingerprint density at radius 3 is 2.05 bits per heavy atom. The van der Waals surface area contributed by atoms with E-state index in [2.05, 4.69) is 29.5 Å². The molecule has 0 saturated heterocycles. The van der Waals surface area contributed by atoms with Crippen molar-refractivity contribution in [3.05, 3.63) is 29.8 Å². The molecule has 0 spiro atoms. The van der Waals surface area contributed by atoms with Gasteiger partial charge in [0.05, 0.1) is 0 Å². The topological polar surface area (TPSA) is 20.2 Å². The number of alkyl halides is 1. The summed E-state index contributed by atoms with van der Waals surface area (Å²) >= 11 is 2.46. The highest BCUT2D eigenvalue weighted by molar-refractivity contribution is 14.1. The third-order valence-corrected chi connectivity index (χ3v) is 5.13. The molecule has 0 aliphatic carbocycles. The average molecular weight is 388 g/mol. The molecule has 1 N–H and O–H groups in total. The summed E-state index contributed by atoms with van der Waals surface area (Å²) in [6.45, 7) is 2.27. The van der Waals surface area contributed by atoms with E-state index in [0.717, 1.165) is 5.56 Å². The van der Waals surface area contributed by atoms with Gasteiger partial charge in [-0.1, -0.05) is 106 Å². The summed E-state index contributed by atoms with van der Waals surface area (Å²) in [7, 11) is 0. The van der Waals surface area contributed by atoms with Gasteiger partial charge >= 0.3 is 0 Å². The van der Waals surface area contributed by atoms with Crippen molar-refractivity contribution >= 4 is 22.6 Å². The lowest BCUT2D eigenvalue weighted by atomic mass is 10.0. The number of halogens is 1. The smallest absolute Gasteiger partial charge is 0.119 e. The van der Waals surface area contributed by atoms with E-state index < -0.39 is 0 Å². The third-order valence-electron chi connectivity index (χ3n) is 3.84. The maximum Gasteiger partial charge on any atom is 0.119 e. The van der Waals surface area contributed by atoms with Crippen molar-refractivity contribution in [1.29, 1.82) is 0 Å². The zero-order valence-electron chi connectivity index (χ0n) is 12.8. The van der Waals surface area contributed by atoms with Crippen molar-refractivity contribution in [3.63, 3.8) is 0 Å². The molecule has 1 atom stereocenters. The van der Waals surface area contributed by atoms with Gasteiger partial charge in [0.1, 0.15) is 5.75 Å². The van der Waals surface area contributed by atoms with Crippen LogP contribution in [-0.4, -0.2) is 5.11 Å². The number of phenols is 1. The van der Waals surface area contributed by atoms with Crippen LogP contribution in [0.15, 0.2) is 24.3 Å². The molecule has 1 unspecified atom stereocenters. The van der Waals surface area contributed by atoms with E-state index in [1.165, 1.54) is 64.2 Å². The first-order valence-electron chi connectivity index (χ1n) is 8.17. The molecule has 1 aromatic rings. The zero-order valence-corrected chi connectivity index (χ0v) is 14.9. The third kappa shape index (κ3) is 7.51. The Labute approximate surface area is 138 Å². The minimum Gasteiger partial charge on any atom is -0.508 e. The van der Waals surface area contributed by atoms with Gasteiger partial charge < -0.3 is 5.11 Å². The lowest BCUT2D eigenvalue weighted by Gasteiger charge is -2.11. The predicted octanol–water partition coefficient (Wildman–Crippen LogP) is 6.79. The zero-order chi connectivity index (χ0) is 14.6. The van der Waals surface area contributed by atoms with E-state index in [0.29, 0.717) is 9.67 Å². The van der Waals surface area contributed by atoms with Gasteiger partial charge in [-0.05, 0) is 12.5 Å². The molecular formula is C18H29IO. The fourth-order valence-corrected chi connectivity index (χ4v) is 3.51. The van der Waals surface area contributed by atoms with E-state index in [1.54, 1.807) is 6.07 Å². The Kier molecular flexibility index (Phi) is 10.2. The van der Waals surface area contributed by atoms with E-state index in [-0.39, 0.29) is 0 Å². The van der Waals surface area contributed by atoms with Crippen molar-refractivity contribution in [2.75, 3.05) is 0 Å². The Hall–Kier alpha value is -0.250. The molecule has 1 aromatic carbocycles. The Morgan fingerprint density at radius 2 is 1.45 bits per heavy atom. The van der Waals surface area contributed by atoms with Gasteiger partial charge in [0, 0.05) is 9.49 Å². The summed E-state index contributed by atoms with van der Waals surface area (Å²) in [5.74, 6) is 0.447. The molecule has 0 aliphatic heterocycles. The lowest BCUT2D eigenvalue weighted by molar-refractivity contribution is 0.466. The summed E-state index contributed by atoms with van der Waals surface area (Å²) in [6.07, 6.45) is 13.5. The van der Waals surface area contributed by atoms with Gasteiger partial charge in [-0.3, -0.25) is 0 Å². The van der Waals surface area contributed by atoms with Crippen molar-refractivity contribution in [1.82, 2.24) is 0 Å². The second-order valence-electron chi connectivity index (χ2n) is 5.64. The van der Waals surface area contributed by atoms with Crippen LogP contribution in [0.25, 0.3) is 0 Å². The van der Waals surface area contributed by atoms with Crippen molar-refractivity contribution in [2.45, 2.75) is 75.1 Å². The molecule has 1 nitrogen and oxygen atoms in total. The number of unbranched alkanes of at least 4 members (excludes halogenated alkanes) is 8. The molecule has 0 radical (unpaired) electrons. The summed E-state index contributed by atoms with van der Waals surface area (Å²) < 4.78 is 0.443. The summed E-state index contributed by atoms with van der Waals surface area (Å²) in [4.78, 5) is 0. The lowest BCUT2D eigenvalue weighted by Crippen LogP contribution is -1.91. The van der Waals surface area contributed by atoms with Crippen molar-refractivity contribution in [2.24, 2.45) is 0 Å². The minimum atomic E-state index is 0.443. The molecule has 0 heterocycles. The highest BCUT2D eigenvalue weighted by atomic mass is 127. The number of hydrogen-bond acceptors (Lipinski definition) is 1. The molecule has 0 aliphatic rings. The Morgan fingerprint density at radius 1 is 0.900 bits per heavy atom. The van der Waals surface area contributed by atoms with Crippen LogP contribution in [0.1, 0.15) is 80.6 Å². The normalized spacial score (nSPS) is 12.5. The largest absolute Gasteiger partial charge is 0.508 e. The van der Waals surface area contributed by atoms with Gasteiger partial charge in [-0.25, -0.2) is 0 Å². The van der Waals surface area contributed by atoms with Crippen LogP contribution in [0.3, 0.4) is 0 Å². The van der Waals surface area contributed by atoms with Crippen LogP contribution in [0.2, 0.25) is 0 Å². The highest BCUT2D eigenvalue weighted by Gasteiger charge is 2.10. The number of phenolic OH excluding ortho intramolecular Hbond substituents is 1. The average Bonchev–Trinajstić information content (AvgIpc) is 2.46. The fraction of sp³-hybridized carbons (Fsp3) is 0.667. The van der Waals surface area contributed by atoms with Gasteiger partial charge in [0.2, 0.25) is 0 Å². The van der Waals surface area contributed by atoms with Crippen LogP contribution in [-0.2, 0) is 0 Å². The predicted molar refractivity (Wildman–Crippen MR) is 96.7 cm³/mol. The number of benzene rings is 1. The number of para-hydroxylation sites is 1. The number of rotatable bonds is 11. The summed E-state index contributed by atoms with van der Waals surface area (Å²) in [6, 6.07) is 7.73. The van der Waals surface area contributed by atoms with Crippen molar-refractivity contribution < 1.29 is 5.11 Å². The summed E-state index contributed by atoms with van der Waals surface area (Å²) in [5.41, 5.74) is 1.09. The molecule has 20 heavy (non-hydrogen) atoms. The van der Waals surface area contributed by atoms with Crippen LogP contribution in [0, 0.1) is 0 Å². The van der Waals surface area contributed by atoms with Gasteiger partial charge in [-0.2, -0.15) is 0 Å². The molecule has 1 rings (SSSR count). The Balaban J connectivity index is 2.03. The standard InChI is InChI=1S/C18H29IO/c1-2-3-4-5-6-7-8-9-10-14-17(19)16-13-11-12-15-18(16)20/h11-13,15,17,20H,2-10,14H2,1H3. The van der Waals surface area contributed by atoms with E-state index in [9.17, 15) is 5.11 Å². The maximum atomic E-state index is 9.82. The molecule has 0 saturated carbocycles. The minimum absolute atomic E-state index is 0.443. The molecule has 0 bridgehead atoms. The van der Waals surface area contributed by atoms with Crippen LogP contribution in [0.5, 0.6) is 5.75 Å². The van der Waals surface area contributed by atoms with E-state index >= 15 is 0 Å². The quantitative estimate of drug-likeness (QED) is 0.251. The van der Waals surface area contributed by atoms with Crippen LogP contribution < -0.4 is 0 Å². The second-order valence-corrected chi connectivity index (χ2v) is 7.15. The number of aromatic hydroxyl groups is 1. The van der Waals surface area contributed by atoms with E-state index in [4.69, 9.17) is 0 Å². The Bertz CT molecular complexity index is 351. The number of hydrogen-bond donors (Lipinski definition) is 1. The van der Waals surface area contributed by atoms with Crippen molar-refractivity contribution in [3.8, 4) is 5.75 Å². The monoisotopic (exact) mass is 388 g/mol. The van der Waals surface area contributed by atoms with Crippen LogP contribution in [0.4, 0.5) is 0 Å². The van der Waals surface area contributed by atoms with Gasteiger partial charge in [-0.15, -0.1) is 0 Å². The molecule has 2 heteroatoms. The first kappa shape index (κ1) is 17.8. The maximum absolute atomic E-state index is 9.82. The van der Waals surface area contributed by atoms with Gasteiger partial charge in [0.15, 0.2) is 0 Å². The fourth-order valence-electron chi connectivity index (χ4n) is 2.54. The highest BCUT2D eigenvalue weighted by Crippen LogP contribution is 2.34. The molecule has 0 aromatic heterocycles. The first-order valence-corrected chi connectivity index (χ1v) is 9.42. The van der Waals surface area contributed by atoms with E-state index in [1.807, 2.05) is 18.2 Å². The van der Waals surface area contributed by atoms with Gasteiger partial charge in [0.25, 0.3) is 0 Å². The van der Waals surface area contributed by atoms with Crippen LogP contribution >= 0.6 is 22.6 Å². The molecule has 114 valence electrons. The SMILES string of the molecule is CCCCCCCCCCCC(I)c1ccccc1O. The summed E-state index contributed by atoms with van der Waals surface area (Å²) in [5, 5.41) is 9.82. The molecule has 0 fully saturated rings. The molecular weight excluding hydrogens is 359 g/mol.